The molecule has 106 valence electrons. The number of nitrogens with zero attached hydrogens (tertiary/aromatic N) is 2. The van der Waals surface area contributed by atoms with E-state index in [-0.39, 0.29) is 24.9 Å². The smallest absolute Gasteiger partial charge is 0.288 e. The fourth-order valence-electron chi connectivity index (χ4n) is 1.76. The number of amides is 2. The summed E-state index contributed by atoms with van der Waals surface area (Å²) in [5.74, 6) is -0.649. The van der Waals surface area contributed by atoms with E-state index in [4.69, 9.17) is 5.11 Å². The quantitative estimate of drug-likeness (QED) is 0.686. The number of benzene rings is 1. The van der Waals surface area contributed by atoms with E-state index in [1.54, 1.807) is 31.2 Å². The zero-order valence-corrected chi connectivity index (χ0v) is 11.0. The van der Waals surface area contributed by atoms with Crippen LogP contribution < -0.4 is 15.8 Å². The third kappa shape index (κ3) is 2.94. The van der Waals surface area contributed by atoms with E-state index in [9.17, 15) is 9.59 Å². The fourth-order valence-corrected chi connectivity index (χ4v) is 1.76. The number of rotatable bonds is 4. The van der Waals surface area contributed by atoms with Crippen LogP contribution in [0.4, 0.5) is 5.69 Å². The molecule has 0 fully saturated rings. The molecule has 1 aliphatic heterocycles. The second-order valence-electron chi connectivity index (χ2n) is 4.25. The summed E-state index contributed by atoms with van der Waals surface area (Å²) in [7, 11) is 0. The van der Waals surface area contributed by atoms with Crippen LogP contribution in [0.1, 0.15) is 6.92 Å². The summed E-state index contributed by atoms with van der Waals surface area (Å²) in [4.78, 5) is 27.9. The van der Waals surface area contributed by atoms with Crippen molar-refractivity contribution in [3.05, 3.63) is 30.3 Å². The molecule has 1 unspecified atom stereocenters. The summed E-state index contributed by atoms with van der Waals surface area (Å²) in [5, 5.41) is 12.5. The molecule has 7 nitrogen and oxygen atoms in total. The minimum Gasteiger partial charge on any atom is -0.395 e. The third-order valence-electron chi connectivity index (χ3n) is 2.75. The first-order valence-corrected chi connectivity index (χ1v) is 6.26. The Morgan fingerprint density at radius 3 is 2.80 bits per heavy atom. The number of hydrazine groups is 1. The molecule has 0 radical (unpaired) electrons. The molecule has 7 heteroatoms. The summed E-state index contributed by atoms with van der Waals surface area (Å²) in [6.07, 6.45) is 0. The molecule has 3 N–H and O–H groups in total. The summed E-state index contributed by atoms with van der Waals surface area (Å²) in [6, 6.07) is 8.30. The van der Waals surface area contributed by atoms with Gasteiger partial charge in [0.05, 0.1) is 12.3 Å². The maximum absolute atomic E-state index is 12.1. The van der Waals surface area contributed by atoms with Gasteiger partial charge in [0.1, 0.15) is 6.04 Å². The van der Waals surface area contributed by atoms with Crippen LogP contribution in [-0.2, 0) is 9.59 Å². The van der Waals surface area contributed by atoms with Crippen LogP contribution >= 0.6 is 0 Å². The highest BCUT2D eigenvalue weighted by atomic mass is 16.3. The molecule has 0 saturated heterocycles. The number of hydrogen-bond acceptors (Lipinski definition) is 5. The standard InChI is InChI=1S/C13H16N4O3/c1-9-13(20)17(10-5-3-2-4-6-10)16-11(15-9)12(19)14-7-8-18/h2-6,9,18H,7-8H2,1H3,(H,14,19)(H,15,16). The van der Waals surface area contributed by atoms with E-state index in [1.165, 1.54) is 5.01 Å². The predicted molar refractivity (Wildman–Crippen MR) is 74.1 cm³/mol. The van der Waals surface area contributed by atoms with Crippen molar-refractivity contribution in [1.82, 2.24) is 10.7 Å². The van der Waals surface area contributed by atoms with Gasteiger partial charge < -0.3 is 10.4 Å². The molecule has 0 saturated carbocycles. The molecule has 1 heterocycles. The highest BCUT2D eigenvalue weighted by Crippen LogP contribution is 2.15. The summed E-state index contributed by atoms with van der Waals surface area (Å²) >= 11 is 0. The zero-order valence-electron chi connectivity index (χ0n) is 11.0. The van der Waals surface area contributed by atoms with Crippen molar-refractivity contribution in [3.8, 4) is 0 Å². The van der Waals surface area contributed by atoms with Gasteiger partial charge in [0.2, 0.25) is 5.84 Å². The fraction of sp³-hybridized carbons (Fsp3) is 0.308. The molecule has 20 heavy (non-hydrogen) atoms. The van der Waals surface area contributed by atoms with Gasteiger partial charge in [0.15, 0.2) is 0 Å². The van der Waals surface area contributed by atoms with E-state index in [0.717, 1.165) is 0 Å². The SMILES string of the molecule is CC1N=C(C(=O)NCCO)NN(c2ccccc2)C1=O. The predicted octanol–water partition coefficient (Wildman–Crippen LogP) is -0.567. The molecule has 1 aromatic rings. The maximum atomic E-state index is 12.1. The average Bonchev–Trinajstić information content (AvgIpc) is 2.48. The van der Waals surface area contributed by atoms with Gasteiger partial charge in [-0.15, -0.1) is 0 Å². The lowest BCUT2D eigenvalue weighted by molar-refractivity contribution is -0.120. The highest BCUT2D eigenvalue weighted by molar-refractivity contribution is 6.39. The zero-order chi connectivity index (χ0) is 14.5. The van der Waals surface area contributed by atoms with Crippen LogP contribution in [0.15, 0.2) is 35.3 Å². The monoisotopic (exact) mass is 276 g/mol. The van der Waals surface area contributed by atoms with E-state index >= 15 is 0 Å². The van der Waals surface area contributed by atoms with Gasteiger partial charge in [0, 0.05) is 6.54 Å². The first-order chi connectivity index (χ1) is 9.63. The van der Waals surface area contributed by atoms with Crippen LogP contribution in [0.3, 0.4) is 0 Å². The highest BCUT2D eigenvalue weighted by Gasteiger charge is 2.30. The van der Waals surface area contributed by atoms with Crippen LogP contribution in [-0.4, -0.2) is 41.9 Å². The maximum Gasteiger partial charge on any atom is 0.288 e. The Labute approximate surface area is 116 Å². The first kappa shape index (κ1) is 14.0. The number of anilines is 1. The van der Waals surface area contributed by atoms with Crippen molar-refractivity contribution in [2.45, 2.75) is 13.0 Å². The number of amidine groups is 1. The second-order valence-corrected chi connectivity index (χ2v) is 4.25. The number of aliphatic hydroxyl groups excluding tert-OH is 1. The lowest BCUT2D eigenvalue weighted by atomic mass is 10.2. The Morgan fingerprint density at radius 1 is 1.45 bits per heavy atom. The van der Waals surface area contributed by atoms with Crippen LogP contribution in [0.5, 0.6) is 0 Å². The number of carbonyl (C=O) groups excluding carboxylic acids is 2. The van der Waals surface area contributed by atoms with E-state index in [0.29, 0.717) is 5.69 Å². The average molecular weight is 276 g/mol. The van der Waals surface area contributed by atoms with E-state index in [1.807, 2.05) is 6.07 Å². The van der Waals surface area contributed by atoms with Gasteiger partial charge in [-0.3, -0.25) is 15.0 Å². The van der Waals surface area contributed by atoms with Gasteiger partial charge in [-0.1, -0.05) is 18.2 Å². The molecule has 2 amide bonds. The Hall–Kier alpha value is -2.41. The number of hydrogen-bond donors (Lipinski definition) is 3. The topological polar surface area (TPSA) is 94.0 Å². The lowest BCUT2D eigenvalue weighted by Crippen LogP contribution is -2.58. The number of nitrogens with one attached hydrogen (secondary N) is 2. The van der Waals surface area contributed by atoms with Crippen LogP contribution in [0.2, 0.25) is 0 Å². The van der Waals surface area contributed by atoms with Crippen molar-refractivity contribution < 1.29 is 14.7 Å². The Bertz CT molecular complexity index is 530. The number of aliphatic imine (C=N–C) groups is 1. The van der Waals surface area contributed by atoms with Gasteiger partial charge in [-0.2, -0.15) is 0 Å². The van der Waals surface area contributed by atoms with Crippen molar-refractivity contribution in [2.24, 2.45) is 4.99 Å². The van der Waals surface area contributed by atoms with Gasteiger partial charge >= 0.3 is 0 Å². The molecule has 0 spiro atoms. The van der Waals surface area contributed by atoms with Crippen molar-refractivity contribution in [1.29, 1.82) is 0 Å². The largest absolute Gasteiger partial charge is 0.395 e. The van der Waals surface area contributed by atoms with Crippen molar-refractivity contribution in [3.63, 3.8) is 0 Å². The number of aliphatic hydroxyl groups is 1. The summed E-state index contributed by atoms with van der Waals surface area (Å²) < 4.78 is 0. The van der Waals surface area contributed by atoms with Gasteiger partial charge in [0.25, 0.3) is 11.8 Å². The molecule has 1 aliphatic rings. The van der Waals surface area contributed by atoms with E-state index < -0.39 is 11.9 Å². The molecular weight excluding hydrogens is 260 g/mol. The molecule has 0 aliphatic carbocycles. The molecule has 1 atom stereocenters. The Kier molecular flexibility index (Phi) is 4.31. The minimum absolute atomic E-state index is 0.0504. The van der Waals surface area contributed by atoms with E-state index in [2.05, 4.69) is 15.7 Å². The third-order valence-corrected chi connectivity index (χ3v) is 2.75. The number of carbonyl (C=O) groups is 2. The summed E-state index contributed by atoms with van der Waals surface area (Å²) in [6.45, 7) is 1.60. The first-order valence-electron chi connectivity index (χ1n) is 6.26. The Balaban J connectivity index is 2.19. The van der Waals surface area contributed by atoms with Gasteiger partial charge in [-0.05, 0) is 19.1 Å². The number of para-hydroxylation sites is 1. The molecule has 0 bridgehead atoms. The van der Waals surface area contributed by atoms with Gasteiger partial charge in [-0.25, -0.2) is 10.0 Å². The van der Waals surface area contributed by atoms with Crippen molar-refractivity contribution >= 4 is 23.3 Å². The van der Waals surface area contributed by atoms with Crippen molar-refractivity contribution in [2.75, 3.05) is 18.2 Å². The second kappa shape index (κ2) is 6.16. The molecule has 2 rings (SSSR count). The summed E-state index contributed by atoms with van der Waals surface area (Å²) in [5.41, 5.74) is 3.33. The Morgan fingerprint density at radius 2 is 2.15 bits per heavy atom. The minimum atomic E-state index is -0.647. The lowest BCUT2D eigenvalue weighted by Gasteiger charge is -2.30. The molecule has 1 aromatic carbocycles. The van der Waals surface area contributed by atoms with Crippen LogP contribution in [0.25, 0.3) is 0 Å². The normalized spacial score (nSPS) is 18.3. The molecule has 0 aromatic heterocycles. The molecular formula is C13H16N4O3. The van der Waals surface area contributed by atoms with Crippen LogP contribution in [0, 0.1) is 0 Å².